The average molecular weight is 325 g/mol. The first-order valence-corrected chi connectivity index (χ1v) is 8.72. The van der Waals surface area contributed by atoms with Crippen molar-refractivity contribution in [3.8, 4) is 0 Å². The molecule has 0 heterocycles. The highest BCUT2D eigenvalue weighted by Crippen LogP contribution is 2.24. The molecule has 0 aliphatic heterocycles. The summed E-state index contributed by atoms with van der Waals surface area (Å²) in [6.45, 7) is 9.90. The lowest BCUT2D eigenvalue weighted by molar-refractivity contribution is 0.0937. The molecule has 1 amide bonds. The van der Waals surface area contributed by atoms with Crippen LogP contribution in [0.5, 0.6) is 0 Å². The molecule has 1 atom stereocenters. The van der Waals surface area contributed by atoms with E-state index in [4.69, 9.17) is 0 Å². The van der Waals surface area contributed by atoms with E-state index in [0.29, 0.717) is 0 Å². The molecule has 2 aromatic rings. The van der Waals surface area contributed by atoms with E-state index < -0.39 is 0 Å². The summed E-state index contributed by atoms with van der Waals surface area (Å²) in [4.78, 5) is 13.6. The van der Waals surface area contributed by atoms with Gasteiger partial charge >= 0.3 is 0 Å². The molecule has 1 N–H and O–H groups in total. The van der Waals surface area contributed by atoms with Gasteiger partial charge in [-0.25, -0.2) is 0 Å². The molecule has 0 saturated carbocycles. The number of carbonyl (C=O) groups excluding carboxylic acids is 1. The molecule has 0 bridgehead atoms. The summed E-state index contributed by atoms with van der Waals surface area (Å²) in [5, 5.41) is 3.12. The van der Waals surface area contributed by atoms with E-state index in [1.165, 1.54) is 11.1 Å². The number of hydrogen-bond acceptors (Lipinski definition) is 2. The van der Waals surface area contributed by atoms with E-state index >= 15 is 0 Å². The Hall–Kier alpha value is -2.00. The number of aryl methyl sites for hydroxylation is 2. The SMILES string of the molecule is C=CCSc1ccccc1C(=O)N[C@@H](C)c1cc(C)ccc1C. The van der Waals surface area contributed by atoms with Crippen LogP contribution in [-0.2, 0) is 0 Å². The van der Waals surface area contributed by atoms with Crippen molar-refractivity contribution in [3.05, 3.63) is 77.4 Å². The molecule has 0 unspecified atom stereocenters. The molecule has 23 heavy (non-hydrogen) atoms. The summed E-state index contributed by atoms with van der Waals surface area (Å²) in [5.41, 5.74) is 4.28. The Balaban J connectivity index is 2.18. The van der Waals surface area contributed by atoms with Crippen molar-refractivity contribution in [1.29, 1.82) is 0 Å². The second-order valence-corrected chi connectivity index (χ2v) is 6.71. The maximum Gasteiger partial charge on any atom is 0.252 e. The molecule has 2 rings (SSSR count). The number of benzene rings is 2. The number of carbonyl (C=O) groups is 1. The van der Waals surface area contributed by atoms with Gasteiger partial charge in [0.2, 0.25) is 0 Å². The van der Waals surface area contributed by atoms with Crippen LogP contribution in [0.3, 0.4) is 0 Å². The van der Waals surface area contributed by atoms with Crippen molar-refractivity contribution in [1.82, 2.24) is 5.32 Å². The van der Waals surface area contributed by atoms with E-state index in [9.17, 15) is 4.79 Å². The van der Waals surface area contributed by atoms with E-state index in [-0.39, 0.29) is 11.9 Å². The third-order valence-electron chi connectivity index (χ3n) is 3.74. The van der Waals surface area contributed by atoms with Crippen molar-refractivity contribution >= 4 is 17.7 Å². The Labute approximate surface area is 143 Å². The monoisotopic (exact) mass is 325 g/mol. The minimum atomic E-state index is -0.0365. The van der Waals surface area contributed by atoms with Crippen LogP contribution < -0.4 is 5.32 Å². The van der Waals surface area contributed by atoms with Crippen LogP contribution in [0.2, 0.25) is 0 Å². The maximum atomic E-state index is 12.7. The fraction of sp³-hybridized carbons (Fsp3) is 0.250. The van der Waals surface area contributed by atoms with Gasteiger partial charge in [0.05, 0.1) is 11.6 Å². The number of amides is 1. The van der Waals surface area contributed by atoms with E-state index in [2.05, 4.69) is 43.9 Å². The number of rotatable bonds is 6. The van der Waals surface area contributed by atoms with Gasteiger partial charge in [0.15, 0.2) is 0 Å². The lowest BCUT2D eigenvalue weighted by atomic mass is 10.00. The smallest absolute Gasteiger partial charge is 0.252 e. The second kappa shape index (κ2) is 8.02. The van der Waals surface area contributed by atoms with Crippen LogP contribution in [-0.4, -0.2) is 11.7 Å². The molecule has 2 aromatic carbocycles. The van der Waals surface area contributed by atoms with Gasteiger partial charge in [0, 0.05) is 10.6 Å². The summed E-state index contributed by atoms with van der Waals surface area (Å²) in [6, 6.07) is 14.0. The topological polar surface area (TPSA) is 29.1 Å². The molecule has 0 fully saturated rings. The van der Waals surface area contributed by atoms with Crippen LogP contribution in [0.4, 0.5) is 0 Å². The zero-order valence-electron chi connectivity index (χ0n) is 13.9. The molecule has 0 saturated heterocycles. The summed E-state index contributed by atoms with van der Waals surface area (Å²) >= 11 is 1.62. The summed E-state index contributed by atoms with van der Waals surface area (Å²) < 4.78 is 0. The van der Waals surface area contributed by atoms with E-state index in [1.807, 2.05) is 37.3 Å². The van der Waals surface area contributed by atoms with Gasteiger partial charge in [-0.15, -0.1) is 18.3 Å². The van der Waals surface area contributed by atoms with Crippen molar-refractivity contribution in [2.24, 2.45) is 0 Å². The van der Waals surface area contributed by atoms with Crippen LogP contribution in [0.25, 0.3) is 0 Å². The van der Waals surface area contributed by atoms with Crippen LogP contribution in [0.1, 0.15) is 40.0 Å². The molecule has 0 aliphatic rings. The number of thioether (sulfide) groups is 1. The van der Waals surface area contributed by atoms with Gasteiger partial charge in [-0.1, -0.05) is 42.0 Å². The third kappa shape index (κ3) is 4.49. The van der Waals surface area contributed by atoms with Crippen molar-refractivity contribution in [2.45, 2.75) is 31.7 Å². The molecule has 3 heteroatoms. The first-order chi connectivity index (χ1) is 11.0. The summed E-state index contributed by atoms with van der Waals surface area (Å²) in [6.07, 6.45) is 1.85. The van der Waals surface area contributed by atoms with E-state index in [0.717, 1.165) is 21.8 Å². The van der Waals surface area contributed by atoms with Crippen LogP contribution >= 0.6 is 11.8 Å². The maximum absolute atomic E-state index is 12.7. The molecule has 0 radical (unpaired) electrons. The van der Waals surface area contributed by atoms with Crippen molar-refractivity contribution < 1.29 is 4.79 Å². The van der Waals surface area contributed by atoms with Crippen LogP contribution in [0.15, 0.2) is 60.0 Å². The minimum Gasteiger partial charge on any atom is -0.345 e. The molecule has 0 aromatic heterocycles. The quantitative estimate of drug-likeness (QED) is 0.593. The molecular weight excluding hydrogens is 302 g/mol. The predicted octanol–water partition coefficient (Wildman–Crippen LogP) is 5.07. The van der Waals surface area contributed by atoms with Gasteiger partial charge in [0.25, 0.3) is 5.91 Å². The van der Waals surface area contributed by atoms with Gasteiger partial charge < -0.3 is 5.32 Å². The van der Waals surface area contributed by atoms with Gasteiger partial charge in [0.1, 0.15) is 0 Å². The van der Waals surface area contributed by atoms with Crippen molar-refractivity contribution in [3.63, 3.8) is 0 Å². The van der Waals surface area contributed by atoms with Gasteiger partial charge in [-0.3, -0.25) is 4.79 Å². The molecule has 120 valence electrons. The molecule has 0 aliphatic carbocycles. The summed E-state index contributed by atoms with van der Waals surface area (Å²) in [5.74, 6) is 0.752. The Kier molecular flexibility index (Phi) is 6.05. The highest BCUT2D eigenvalue weighted by molar-refractivity contribution is 7.99. The average Bonchev–Trinajstić information content (AvgIpc) is 2.55. The van der Waals surface area contributed by atoms with Crippen LogP contribution in [0, 0.1) is 13.8 Å². The zero-order valence-corrected chi connectivity index (χ0v) is 14.7. The van der Waals surface area contributed by atoms with Crippen molar-refractivity contribution in [2.75, 3.05) is 5.75 Å². The highest BCUT2D eigenvalue weighted by Gasteiger charge is 2.16. The lowest BCUT2D eigenvalue weighted by Gasteiger charge is -2.18. The molecule has 0 spiro atoms. The Morgan fingerprint density at radius 1 is 1.26 bits per heavy atom. The normalized spacial score (nSPS) is 11.8. The standard InChI is InChI=1S/C20H23NOS/c1-5-12-23-19-9-7-6-8-17(19)20(22)21-16(4)18-13-14(2)10-11-15(18)3/h5-11,13,16H,1,12H2,2-4H3,(H,21,22)/t16-/m0/s1. The predicted molar refractivity (Wildman–Crippen MR) is 99.2 cm³/mol. The Morgan fingerprint density at radius 2 is 2.00 bits per heavy atom. The number of hydrogen-bond donors (Lipinski definition) is 1. The first-order valence-electron chi connectivity index (χ1n) is 7.73. The third-order valence-corrected chi connectivity index (χ3v) is 4.81. The second-order valence-electron chi connectivity index (χ2n) is 5.65. The molecule has 2 nitrogen and oxygen atoms in total. The number of nitrogens with one attached hydrogen (secondary N) is 1. The summed E-state index contributed by atoms with van der Waals surface area (Å²) in [7, 11) is 0. The largest absolute Gasteiger partial charge is 0.345 e. The zero-order chi connectivity index (χ0) is 16.8. The van der Waals surface area contributed by atoms with Gasteiger partial charge in [-0.05, 0) is 44.0 Å². The van der Waals surface area contributed by atoms with Gasteiger partial charge in [-0.2, -0.15) is 0 Å². The Morgan fingerprint density at radius 3 is 2.74 bits per heavy atom. The first kappa shape index (κ1) is 17.4. The Bertz CT molecular complexity index is 709. The fourth-order valence-electron chi connectivity index (χ4n) is 2.51. The minimum absolute atomic E-state index is 0.0279. The molecular formula is C20H23NOS. The highest BCUT2D eigenvalue weighted by atomic mass is 32.2. The fourth-order valence-corrected chi connectivity index (χ4v) is 3.30. The lowest BCUT2D eigenvalue weighted by Crippen LogP contribution is -2.27. The van der Waals surface area contributed by atoms with E-state index in [1.54, 1.807) is 11.8 Å².